The Hall–Kier alpha value is -1.17. The largest absolute Gasteiger partial charge is 0.321 e. The molecule has 0 radical (unpaired) electrons. The summed E-state index contributed by atoms with van der Waals surface area (Å²) in [6.45, 7) is 3.10. The van der Waals surface area contributed by atoms with Gasteiger partial charge in [0.15, 0.2) is 6.04 Å². The molecule has 2 N–H and O–H groups in total. The number of benzene rings is 1. The second-order valence-corrected chi connectivity index (χ2v) is 7.65. The summed E-state index contributed by atoms with van der Waals surface area (Å²) in [5, 5.41) is 5.16. The van der Waals surface area contributed by atoms with Crippen molar-refractivity contribution in [3.05, 3.63) is 51.1 Å². The van der Waals surface area contributed by atoms with Crippen LogP contribution < -0.4 is 10.2 Å². The summed E-state index contributed by atoms with van der Waals surface area (Å²) in [4.78, 5) is 15.3. The molecule has 1 amide bonds. The first-order valence-corrected chi connectivity index (χ1v) is 9.28. The number of amides is 1. The molecule has 22 heavy (non-hydrogen) atoms. The van der Waals surface area contributed by atoms with Crippen LogP contribution in [0.5, 0.6) is 0 Å². The van der Waals surface area contributed by atoms with Crippen LogP contribution in [0.3, 0.4) is 0 Å². The third kappa shape index (κ3) is 3.42. The molecule has 1 aliphatic rings. The van der Waals surface area contributed by atoms with Gasteiger partial charge in [-0.15, -0.1) is 11.3 Å². The fourth-order valence-electron chi connectivity index (χ4n) is 3.15. The highest BCUT2D eigenvalue weighted by atomic mass is 79.9. The molecule has 2 aromatic rings. The van der Waals surface area contributed by atoms with Gasteiger partial charge in [0.1, 0.15) is 6.04 Å². The van der Waals surface area contributed by atoms with Crippen molar-refractivity contribution in [2.24, 2.45) is 0 Å². The van der Waals surface area contributed by atoms with E-state index in [0.29, 0.717) is 6.04 Å². The molecule has 116 valence electrons. The molecule has 1 aromatic carbocycles. The number of rotatable bonds is 4. The van der Waals surface area contributed by atoms with Crippen molar-refractivity contribution < 1.29 is 9.69 Å². The van der Waals surface area contributed by atoms with Crippen molar-refractivity contribution in [2.75, 3.05) is 11.9 Å². The smallest absolute Gasteiger partial charge is 0.282 e. The quantitative estimate of drug-likeness (QED) is 0.839. The molecular weight excluding hydrogens is 360 g/mol. The molecule has 0 saturated carbocycles. The van der Waals surface area contributed by atoms with Crippen LogP contribution in [0.1, 0.15) is 30.7 Å². The normalized spacial score (nSPS) is 22.5. The van der Waals surface area contributed by atoms with Crippen molar-refractivity contribution in [3.63, 3.8) is 0 Å². The highest BCUT2D eigenvalue weighted by Crippen LogP contribution is 2.24. The third-order valence-electron chi connectivity index (χ3n) is 4.35. The Kier molecular flexibility index (Phi) is 4.96. The Morgan fingerprint density at radius 2 is 2.14 bits per heavy atom. The first-order valence-electron chi connectivity index (χ1n) is 7.60. The van der Waals surface area contributed by atoms with Gasteiger partial charge in [0.2, 0.25) is 0 Å². The second kappa shape index (κ2) is 6.94. The summed E-state index contributed by atoms with van der Waals surface area (Å²) in [7, 11) is 0. The lowest BCUT2D eigenvalue weighted by molar-refractivity contribution is -0.931. The predicted molar refractivity (Wildman–Crippen MR) is 94.4 cm³/mol. The second-order valence-electron chi connectivity index (χ2n) is 5.75. The van der Waals surface area contributed by atoms with Crippen LogP contribution in [0.4, 0.5) is 5.69 Å². The molecule has 1 unspecified atom stereocenters. The maximum absolute atomic E-state index is 12.6. The van der Waals surface area contributed by atoms with Gasteiger partial charge in [-0.1, -0.05) is 22.0 Å². The van der Waals surface area contributed by atoms with Crippen LogP contribution in [0.2, 0.25) is 0 Å². The first kappa shape index (κ1) is 15.7. The molecule has 3 rings (SSSR count). The molecule has 3 nitrogen and oxygen atoms in total. The number of carbonyl (C=O) groups excluding carboxylic acids is 1. The van der Waals surface area contributed by atoms with Gasteiger partial charge in [0.05, 0.1) is 11.4 Å². The monoisotopic (exact) mass is 379 g/mol. The zero-order valence-corrected chi connectivity index (χ0v) is 14.9. The molecule has 2 heterocycles. The highest BCUT2D eigenvalue weighted by molar-refractivity contribution is 9.10. The number of nitrogens with one attached hydrogen (secondary N) is 2. The maximum atomic E-state index is 12.6. The lowest BCUT2D eigenvalue weighted by atomic mass is 10.1. The van der Waals surface area contributed by atoms with Crippen LogP contribution in [0.25, 0.3) is 0 Å². The summed E-state index contributed by atoms with van der Waals surface area (Å²) in [5.74, 6) is 0.0979. The number of hydrogen-bond acceptors (Lipinski definition) is 2. The van der Waals surface area contributed by atoms with Gasteiger partial charge in [-0.05, 0) is 42.6 Å². The van der Waals surface area contributed by atoms with Gasteiger partial charge in [0.25, 0.3) is 5.91 Å². The fraction of sp³-hybridized carbons (Fsp3) is 0.353. The number of carbonyl (C=O) groups is 1. The van der Waals surface area contributed by atoms with Crippen LogP contribution in [-0.4, -0.2) is 18.5 Å². The van der Waals surface area contributed by atoms with E-state index >= 15 is 0 Å². The van der Waals surface area contributed by atoms with Crippen molar-refractivity contribution in [1.29, 1.82) is 0 Å². The van der Waals surface area contributed by atoms with Crippen molar-refractivity contribution in [2.45, 2.75) is 31.8 Å². The third-order valence-corrected chi connectivity index (χ3v) is 5.87. The van der Waals surface area contributed by atoms with Gasteiger partial charge in [-0.3, -0.25) is 4.79 Å². The topological polar surface area (TPSA) is 33.5 Å². The average molecular weight is 380 g/mol. The molecule has 1 saturated heterocycles. The van der Waals surface area contributed by atoms with Gasteiger partial charge in [-0.25, -0.2) is 0 Å². The van der Waals surface area contributed by atoms with Gasteiger partial charge in [0, 0.05) is 23.0 Å². The van der Waals surface area contributed by atoms with Crippen LogP contribution in [0, 0.1) is 0 Å². The zero-order valence-electron chi connectivity index (χ0n) is 12.5. The molecule has 1 aliphatic heterocycles. The van der Waals surface area contributed by atoms with E-state index in [1.165, 1.54) is 22.6 Å². The van der Waals surface area contributed by atoms with E-state index in [-0.39, 0.29) is 11.9 Å². The van der Waals surface area contributed by atoms with E-state index in [1.54, 1.807) is 11.3 Å². The molecule has 0 aliphatic carbocycles. The molecule has 1 fully saturated rings. The summed E-state index contributed by atoms with van der Waals surface area (Å²) in [6.07, 6.45) is 2.36. The lowest BCUT2D eigenvalue weighted by Gasteiger charge is -2.26. The Morgan fingerprint density at radius 1 is 1.36 bits per heavy atom. The van der Waals surface area contributed by atoms with Gasteiger partial charge in [-0.2, -0.15) is 0 Å². The van der Waals surface area contributed by atoms with Crippen LogP contribution in [0.15, 0.2) is 46.3 Å². The number of quaternary nitrogens is 1. The van der Waals surface area contributed by atoms with Crippen molar-refractivity contribution in [3.8, 4) is 0 Å². The highest BCUT2D eigenvalue weighted by Gasteiger charge is 2.37. The summed E-state index contributed by atoms with van der Waals surface area (Å²) in [6, 6.07) is 12.4. The standard InChI is InChI=1S/C17H19BrN2OS/c1-12(17(21)19-14-8-6-13(18)7-9-14)20-10-2-4-15(20)16-5-3-11-22-16/h3,5-9,11-12,15H,2,4,10H2,1H3,(H,19,21)/p+1/t12-,15-/m1/s1. The first-order chi connectivity index (χ1) is 10.6. The Balaban J connectivity index is 1.68. The average Bonchev–Trinajstić information content (AvgIpc) is 3.19. The van der Waals surface area contributed by atoms with E-state index in [2.05, 4.69) is 38.8 Å². The SMILES string of the molecule is C[C@H](C(=O)Nc1ccc(Br)cc1)[NH+]1CCC[C@@H]1c1cccs1. The van der Waals surface area contributed by atoms with Crippen LogP contribution >= 0.6 is 27.3 Å². The minimum absolute atomic E-state index is 0.0433. The number of halogens is 1. The molecule has 0 spiro atoms. The number of hydrogen-bond donors (Lipinski definition) is 2. The summed E-state index contributed by atoms with van der Waals surface area (Å²) >= 11 is 5.21. The molecule has 0 bridgehead atoms. The van der Waals surface area contributed by atoms with E-state index in [4.69, 9.17) is 0 Å². The lowest BCUT2D eigenvalue weighted by Crippen LogP contribution is -3.15. The summed E-state index contributed by atoms with van der Waals surface area (Å²) in [5.41, 5.74) is 0.853. The number of likely N-dealkylation sites (tertiary alicyclic amines) is 1. The Bertz CT molecular complexity index is 627. The maximum Gasteiger partial charge on any atom is 0.282 e. The number of anilines is 1. The van der Waals surface area contributed by atoms with E-state index in [1.807, 2.05) is 31.2 Å². The predicted octanol–water partition coefficient (Wildman–Crippen LogP) is 3.26. The van der Waals surface area contributed by atoms with E-state index < -0.39 is 0 Å². The van der Waals surface area contributed by atoms with Crippen LogP contribution in [-0.2, 0) is 4.79 Å². The Labute approximate surface area is 143 Å². The van der Waals surface area contributed by atoms with E-state index in [0.717, 1.165) is 16.7 Å². The molecule has 1 aromatic heterocycles. The van der Waals surface area contributed by atoms with Crippen molar-refractivity contribution in [1.82, 2.24) is 0 Å². The van der Waals surface area contributed by atoms with E-state index in [9.17, 15) is 4.79 Å². The zero-order chi connectivity index (χ0) is 15.5. The van der Waals surface area contributed by atoms with Gasteiger partial charge < -0.3 is 10.2 Å². The fourth-order valence-corrected chi connectivity index (χ4v) is 4.32. The number of thiophene rings is 1. The summed E-state index contributed by atoms with van der Waals surface area (Å²) < 4.78 is 1.02. The Morgan fingerprint density at radius 3 is 2.82 bits per heavy atom. The minimum Gasteiger partial charge on any atom is -0.321 e. The minimum atomic E-state index is -0.0433. The van der Waals surface area contributed by atoms with Crippen molar-refractivity contribution >= 4 is 38.9 Å². The molecule has 5 heteroatoms. The molecular formula is C17H20BrN2OS+. The molecule has 3 atom stereocenters. The van der Waals surface area contributed by atoms with Gasteiger partial charge >= 0.3 is 0 Å².